The van der Waals surface area contributed by atoms with Gasteiger partial charge in [-0.05, 0) is 69.8 Å². The van der Waals surface area contributed by atoms with Gasteiger partial charge in [0.15, 0.2) is 3.95 Å². The van der Waals surface area contributed by atoms with Gasteiger partial charge in [-0.15, -0.1) is 11.3 Å². The number of rotatable bonds is 1. The Balaban J connectivity index is 2.04. The number of hydrogen-bond acceptors (Lipinski definition) is 2. The molecule has 3 rings (SSSR count). The van der Waals surface area contributed by atoms with Crippen molar-refractivity contribution in [2.24, 2.45) is 0 Å². The largest absolute Gasteiger partial charge is 0.295 e. The summed E-state index contributed by atoms with van der Waals surface area (Å²) in [5.74, 6) is 0. The molecule has 0 bridgehead atoms. The van der Waals surface area contributed by atoms with Gasteiger partial charge >= 0.3 is 0 Å². The molecule has 0 atom stereocenters. The molecule has 0 unspecified atom stereocenters. The van der Waals surface area contributed by atoms with Crippen molar-refractivity contribution in [3.05, 3.63) is 43.3 Å². The molecule has 0 saturated carbocycles. The summed E-state index contributed by atoms with van der Waals surface area (Å²) in [5.41, 5.74) is 6.87. The van der Waals surface area contributed by atoms with Crippen molar-refractivity contribution in [2.75, 3.05) is 0 Å². The molecule has 25 heavy (non-hydrogen) atoms. The summed E-state index contributed by atoms with van der Waals surface area (Å²) >= 11 is 7.71. The minimum absolute atomic E-state index is 1.04. The van der Waals surface area contributed by atoms with E-state index in [1.165, 1.54) is 92.3 Å². The zero-order chi connectivity index (χ0) is 17.8. The molecule has 0 amide bonds. The Morgan fingerprint density at radius 1 is 0.800 bits per heavy atom. The maximum absolute atomic E-state index is 5.85. The zero-order valence-corrected chi connectivity index (χ0v) is 17.6. The van der Waals surface area contributed by atoms with E-state index in [-0.39, 0.29) is 0 Å². The van der Waals surface area contributed by atoms with E-state index in [4.69, 9.17) is 12.2 Å². The molecule has 0 fully saturated rings. The molecular weight excluding hydrogens is 342 g/mol. The van der Waals surface area contributed by atoms with E-state index in [9.17, 15) is 0 Å². The molecule has 1 aliphatic rings. The van der Waals surface area contributed by atoms with Crippen LogP contribution in [-0.4, -0.2) is 4.57 Å². The Hall–Kier alpha value is -0.930. The van der Waals surface area contributed by atoms with Gasteiger partial charge in [0.05, 0.1) is 5.69 Å². The lowest BCUT2D eigenvalue weighted by Gasteiger charge is -2.17. The Kier molecular flexibility index (Phi) is 6.51. The number of benzene rings is 1. The van der Waals surface area contributed by atoms with Crippen LogP contribution in [0.1, 0.15) is 78.6 Å². The van der Waals surface area contributed by atoms with Gasteiger partial charge in [-0.2, -0.15) is 0 Å². The molecule has 1 aliphatic carbocycles. The summed E-state index contributed by atoms with van der Waals surface area (Å²) in [4.78, 5) is 1.55. The maximum Gasteiger partial charge on any atom is 0.166 e. The van der Waals surface area contributed by atoms with Crippen LogP contribution >= 0.6 is 23.6 Å². The topological polar surface area (TPSA) is 4.93 Å². The molecule has 1 aromatic heterocycles. The summed E-state index contributed by atoms with van der Waals surface area (Å²) in [6, 6.07) is 4.59. The highest BCUT2D eigenvalue weighted by Gasteiger charge is 2.17. The third-order valence-electron chi connectivity index (χ3n) is 5.41. The second-order valence-electron chi connectivity index (χ2n) is 7.65. The summed E-state index contributed by atoms with van der Waals surface area (Å²) < 4.78 is 3.46. The van der Waals surface area contributed by atoms with Crippen LogP contribution < -0.4 is 0 Å². The van der Waals surface area contributed by atoms with Crippen LogP contribution in [-0.2, 0) is 12.8 Å². The molecule has 0 saturated heterocycles. The molecular formula is C22H31NS2. The number of aryl methyl sites for hydroxylation is 4. The first-order valence-corrected chi connectivity index (χ1v) is 11.1. The average Bonchev–Trinajstić information content (AvgIpc) is 2.82. The molecule has 1 nitrogen and oxygen atoms in total. The first-order chi connectivity index (χ1) is 12.1. The third kappa shape index (κ3) is 4.43. The van der Waals surface area contributed by atoms with Gasteiger partial charge in [-0.3, -0.25) is 4.57 Å². The van der Waals surface area contributed by atoms with E-state index in [1.54, 1.807) is 4.88 Å². The van der Waals surface area contributed by atoms with Crippen molar-refractivity contribution in [3.8, 4) is 5.69 Å². The minimum atomic E-state index is 1.04. The fourth-order valence-electron chi connectivity index (χ4n) is 4.28. The highest BCUT2D eigenvalue weighted by molar-refractivity contribution is 7.73. The Bertz CT molecular complexity index is 759. The van der Waals surface area contributed by atoms with Crippen LogP contribution in [0.3, 0.4) is 0 Å². The lowest BCUT2D eigenvalue weighted by molar-refractivity contribution is 0.557. The van der Waals surface area contributed by atoms with E-state index < -0.39 is 0 Å². The lowest BCUT2D eigenvalue weighted by Crippen LogP contribution is -2.07. The van der Waals surface area contributed by atoms with Crippen molar-refractivity contribution in [3.63, 3.8) is 0 Å². The maximum atomic E-state index is 5.85. The number of nitrogens with zero attached hydrogens (tertiary/aromatic N) is 1. The van der Waals surface area contributed by atoms with E-state index in [0.717, 1.165) is 3.95 Å². The van der Waals surface area contributed by atoms with Crippen molar-refractivity contribution >= 4 is 23.6 Å². The molecule has 1 aromatic carbocycles. The summed E-state index contributed by atoms with van der Waals surface area (Å²) in [7, 11) is 0. The summed E-state index contributed by atoms with van der Waals surface area (Å²) in [6.07, 6.45) is 13.3. The SMILES string of the molecule is Cc1cc(C)c(-n2c3c(sc2=S)CCCCCCCCCC3)c(C)c1. The van der Waals surface area contributed by atoms with Crippen molar-refractivity contribution in [1.82, 2.24) is 4.57 Å². The standard InChI is InChI=1S/C22H31NS2/c1-16-14-17(2)21(18(3)15-16)23-19-12-10-8-6-4-5-7-9-11-13-20(19)25-22(23)24/h14-15H,4-13H2,1-3H3. The molecule has 2 aromatic rings. The fourth-order valence-corrected chi connectivity index (χ4v) is 5.85. The highest BCUT2D eigenvalue weighted by atomic mass is 32.1. The van der Waals surface area contributed by atoms with Crippen molar-refractivity contribution in [2.45, 2.75) is 85.0 Å². The van der Waals surface area contributed by atoms with Crippen LogP contribution in [0.4, 0.5) is 0 Å². The first-order valence-electron chi connectivity index (χ1n) is 9.90. The molecule has 0 aliphatic heterocycles. The van der Waals surface area contributed by atoms with Crippen LogP contribution in [0.15, 0.2) is 12.1 Å². The van der Waals surface area contributed by atoms with Gasteiger partial charge in [0.1, 0.15) is 0 Å². The summed E-state index contributed by atoms with van der Waals surface area (Å²) in [6.45, 7) is 6.65. The predicted molar refractivity (Wildman–Crippen MR) is 113 cm³/mol. The Morgan fingerprint density at radius 3 is 1.92 bits per heavy atom. The van der Waals surface area contributed by atoms with E-state index in [0.29, 0.717) is 0 Å². The molecule has 1 heterocycles. The smallest absolute Gasteiger partial charge is 0.166 e. The second kappa shape index (κ2) is 8.64. The third-order valence-corrected chi connectivity index (χ3v) is 6.89. The Labute approximate surface area is 162 Å². The van der Waals surface area contributed by atoms with Crippen LogP contribution in [0.2, 0.25) is 0 Å². The quantitative estimate of drug-likeness (QED) is 0.471. The number of hydrogen-bond donors (Lipinski definition) is 0. The van der Waals surface area contributed by atoms with Gasteiger partial charge in [0, 0.05) is 10.6 Å². The van der Waals surface area contributed by atoms with Crippen LogP contribution in [0.5, 0.6) is 0 Å². The van der Waals surface area contributed by atoms with E-state index in [2.05, 4.69) is 37.5 Å². The van der Waals surface area contributed by atoms with Gasteiger partial charge in [0.25, 0.3) is 0 Å². The van der Waals surface area contributed by atoms with Gasteiger partial charge in [-0.1, -0.05) is 56.2 Å². The number of fused-ring (bicyclic) bond motifs is 1. The van der Waals surface area contributed by atoms with Gasteiger partial charge in [-0.25, -0.2) is 0 Å². The van der Waals surface area contributed by atoms with Gasteiger partial charge in [0.2, 0.25) is 0 Å². The molecule has 0 radical (unpaired) electrons. The van der Waals surface area contributed by atoms with Crippen molar-refractivity contribution < 1.29 is 0 Å². The normalized spacial score (nSPS) is 16.8. The number of thiazole rings is 1. The zero-order valence-electron chi connectivity index (χ0n) is 16.0. The predicted octanol–water partition coefficient (Wildman–Crippen LogP) is 7.41. The minimum Gasteiger partial charge on any atom is -0.295 e. The monoisotopic (exact) mass is 373 g/mol. The summed E-state index contributed by atoms with van der Waals surface area (Å²) in [5, 5.41) is 0. The molecule has 0 spiro atoms. The van der Waals surface area contributed by atoms with Crippen molar-refractivity contribution in [1.29, 1.82) is 0 Å². The average molecular weight is 374 g/mol. The van der Waals surface area contributed by atoms with Crippen LogP contribution in [0, 0.1) is 24.7 Å². The van der Waals surface area contributed by atoms with Crippen LogP contribution in [0.25, 0.3) is 5.69 Å². The lowest BCUT2D eigenvalue weighted by atomic mass is 10.0. The van der Waals surface area contributed by atoms with E-state index in [1.807, 2.05) is 11.3 Å². The molecule has 3 heteroatoms. The molecule has 136 valence electrons. The second-order valence-corrected chi connectivity index (χ2v) is 9.38. The fraction of sp³-hybridized carbons (Fsp3) is 0.591. The first kappa shape index (κ1) is 18.8. The highest BCUT2D eigenvalue weighted by Crippen LogP contribution is 2.31. The Morgan fingerprint density at radius 2 is 1.32 bits per heavy atom. The number of aromatic nitrogens is 1. The molecule has 0 N–H and O–H groups in total. The van der Waals surface area contributed by atoms with Gasteiger partial charge < -0.3 is 0 Å². The van der Waals surface area contributed by atoms with E-state index >= 15 is 0 Å².